The molecule has 1 aliphatic rings. The molecule has 0 bridgehead atoms. The van der Waals surface area contributed by atoms with Crippen LogP contribution in [0.3, 0.4) is 0 Å². The summed E-state index contributed by atoms with van der Waals surface area (Å²) in [6.07, 6.45) is 2.51. The molecule has 2 rings (SSSR count). The summed E-state index contributed by atoms with van der Waals surface area (Å²) in [7, 11) is 0. The summed E-state index contributed by atoms with van der Waals surface area (Å²) in [5.41, 5.74) is 3.39. The van der Waals surface area contributed by atoms with Crippen molar-refractivity contribution in [2.24, 2.45) is 0 Å². The van der Waals surface area contributed by atoms with Crippen LogP contribution in [0.1, 0.15) is 44.7 Å². The molecule has 1 aromatic carbocycles. The van der Waals surface area contributed by atoms with Gasteiger partial charge in [0.2, 0.25) is 0 Å². The van der Waals surface area contributed by atoms with E-state index in [9.17, 15) is 0 Å². The van der Waals surface area contributed by atoms with E-state index in [1.165, 1.54) is 24.0 Å². The van der Waals surface area contributed by atoms with E-state index in [0.717, 1.165) is 5.88 Å². The van der Waals surface area contributed by atoms with Crippen LogP contribution in [-0.2, 0) is 10.8 Å². The van der Waals surface area contributed by atoms with Crippen molar-refractivity contribution in [2.45, 2.75) is 44.4 Å². The fraction of sp³-hybridized carbons (Fsp3) is 0.571. The summed E-state index contributed by atoms with van der Waals surface area (Å²) in [4.78, 5) is 0. The van der Waals surface area contributed by atoms with Gasteiger partial charge in [-0.05, 0) is 29.4 Å². The lowest BCUT2D eigenvalue weighted by Gasteiger charge is -2.20. The van der Waals surface area contributed by atoms with Crippen molar-refractivity contribution in [2.75, 3.05) is 5.88 Å². The van der Waals surface area contributed by atoms with Crippen molar-refractivity contribution in [3.05, 3.63) is 35.4 Å². The second-order valence-electron chi connectivity index (χ2n) is 5.74. The van der Waals surface area contributed by atoms with E-state index in [1.54, 1.807) is 0 Å². The fourth-order valence-electron chi connectivity index (χ4n) is 1.97. The number of hydrogen-bond acceptors (Lipinski definition) is 0. The van der Waals surface area contributed by atoms with E-state index >= 15 is 0 Å². The number of hydrogen-bond donors (Lipinski definition) is 0. The van der Waals surface area contributed by atoms with Gasteiger partial charge in [-0.15, -0.1) is 11.6 Å². The molecular weight excluding hydrogens is 204 g/mol. The van der Waals surface area contributed by atoms with Gasteiger partial charge < -0.3 is 0 Å². The van der Waals surface area contributed by atoms with E-state index in [2.05, 4.69) is 45.0 Å². The van der Waals surface area contributed by atoms with E-state index in [-0.39, 0.29) is 5.41 Å². The van der Waals surface area contributed by atoms with Crippen LogP contribution >= 0.6 is 11.6 Å². The number of halogens is 1. The monoisotopic (exact) mass is 222 g/mol. The first-order valence-electron chi connectivity index (χ1n) is 5.65. The molecule has 1 heteroatoms. The van der Waals surface area contributed by atoms with Crippen molar-refractivity contribution in [3.8, 4) is 0 Å². The largest absolute Gasteiger partial charge is 0.126 e. The van der Waals surface area contributed by atoms with Gasteiger partial charge in [-0.2, -0.15) is 0 Å². The highest BCUT2D eigenvalue weighted by Gasteiger charge is 2.43. The van der Waals surface area contributed by atoms with Crippen molar-refractivity contribution < 1.29 is 0 Å². The van der Waals surface area contributed by atoms with Gasteiger partial charge in [0.25, 0.3) is 0 Å². The van der Waals surface area contributed by atoms with Gasteiger partial charge in [0.1, 0.15) is 0 Å². The average Bonchev–Trinajstić information content (AvgIpc) is 2.97. The summed E-state index contributed by atoms with van der Waals surface area (Å²) < 4.78 is 0. The van der Waals surface area contributed by atoms with E-state index in [1.807, 2.05) is 0 Å². The van der Waals surface area contributed by atoms with Crippen LogP contribution in [0.2, 0.25) is 0 Å². The first-order valence-corrected chi connectivity index (χ1v) is 6.18. The molecular formula is C14H19Cl. The third kappa shape index (κ3) is 2.06. The van der Waals surface area contributed by atoms with E-state index in [4.69, 9.17) is 11.6 Å². The Morgan fingerprint density at radius 3 is 2.00 bits per heavy atom. The van der Waals surface area contributed by atoms with Crippen LogP contribution in [0, 0.1) is 0 Å². The number of alkyl halides is 1. The highest BCUT2D eigenvalue weighted by molar-refractivity contribution is 6.19. The first-order chi connectivity index (χ1) is 6.98. The molecule has 15 heavy (non-hydrogen) atoms. The molecule has 1 aromatic rings. The predicted octanol–water partition coefficient (Wildman–Crippen LogP) is 4.25. The van der Waals surface area contributed by atoms with Crippen molar-refractivity contribution >= 4 is 11.6 Å². The fourth-order valence-corrected chi connectivity index (χ4v) is 2.40. The Balaban J connectivity index is 2.25. The third-order valence-electron chi connectivity index (χ3n) is 3.47. The highest BCUT2D eigenvalue weighted by atomic mass is 35.5. The molecule has 0 heterocycles. The predicted molar refractivity (Wildman–Crippen MR) is 66.8 cm³/mol. The van der Waals surface area contributed by atoms with Crippen LogP contribution in [-0.4, -0.2) is 5.88 Å². The lowest BCUT2D eigenvalue weighted by atomic mass is 9.85. The molecule has 0 N–H and O–H groups in total. The van der Waals surface area contributed by atoms with Gasteiger partial charge in [-0.25, -0.2) is 0 Å². The molecule has 0 unspecified atom stereocenters. The van der Waals surface area contributed by atoms with Crippen LogP contribution < -0.4 is 0 Å². The Labute approximate surface area is 97.6 Å². The van der Waals surface area contributed by atoms with Crippen molar-refractivity contribution in [3.63, 3.8) is 0 Å². The van der Waals surface area contributed by atoms with Gasteiger partial charge in [-0.3, -0.25) is 0 Å². The minimum atomic E-state index is 0.246. The molecule has 1 aliphatic carbocycles. The van der Waals surface area contributed by atoms with Crippen LogP contribution in [0.25, 0.3) is 0 Å². The second kappa shape index (κ2) is 3.52. The molecule has 0 spiro atoms. The molecule has 0 aliphatic heterocycles. The second-order valence-corrected chi connectivity index (χ2v) is 6.01. The molecule has 0 radical (unpaired) electrons. The summed E-state index contributed by atoms with van der Waals surface area (Å²) in [5, 5.41) is 0. The Bertz CT molecular complexity index is 339. The summed E-state index contributed by atoms with van der Waals surface area (Å²) in [5.74, 6) is 0.766. The van der Waals surface area contributed by atoms with Crippen LogP contribution in [0.4, 0.5) is 0 Å². The zero-order chi connectivity index (χ0) is 11.1. The SMILES string of the molecule is CC(C)(C)c1ccc(C2(CCl)CC2)cc1. The maximum atomic E-state index is 6.02. The topological polar surface area (TPSA) is 0 Å². The van der Waals surface area contributed by atoms with Crippen molar-refractivity contribution in [1.82, 2.24) is 0 Å². The normalized spacial score (nSPS) is 18.9. The average molecular weight is 223 g/mol. The number of rotatable bonds is 2. The molecule has 0 atom stereocenters. The Morgan fingerprint density at radius 2 is 1.67 bits per heavy atom. The third-order valence-corrected chi connectivity index (χ3v) is 3.98. The van der Waals surface area contributed by atoms with Crippen LogP contribution in [0.15, 0.2) is 24.3 Å². The van der Waals surface area contributed by atoms with Crippen molar-refractivity contribution in [1.29, 1.82) is 0 Å². The highest BCUT2D eigenvalue weighted by Crippen LogP contribution is 2.49. The van der Waals surface area contributed by atoms with E-state index < -0.39 is 0 Å². The summed E-state index contributed by atoms with van der Waals surface area (Å²) in [6, 6.07) is 9.02. The molecule has 0 aromatic heterocycles. The molecule has 1 saturated carbocycles. The minimum Gasteiger partial charge on any atom is -0.126 e. The Kier molecular flexibility index (Phi) is 2.58. The molecule has 1 fully saturated rings. The van der Waals surface area contributed by atoms with Gasteiger partial charge in [0, 0.05) is 11.3 Å². The zero-order valence-electron chi connectivity index (χ0n) is 9.81. The maximum Gasteiger partial charge on any atom is 0.0320 e. The maximum absolute atomic E-state index is 6.02. The quantitative estimate of drug-likeness (QED) is 0.657. The number of benzene rings is 1. The molecule has 0 nitrogen and oxygen atoms in total. The Morgan fingerprint density at radius 1 is 1.13 bits per heavy atom. The first kappa shape index (κ1) is 11.0. The van der Waals surface area contributed by atoms with Gasteiger partial charge >= 0.3 is 0 Å². The summed E-state index contributed by atoms with van der Waals surface area (Å²) in [6.45, 7) is 6.74. The lowest BCUT2D eigenvalue weighted by Crippen LogP contribution is -2.13. The molecule has 0 saturated heterocycles. The Hall–Kier alpha value is -0.490. The van der Waals surface area contributed by atoms with Crippen LogP contribution in [0.5, 0.6) is 0 Å². The standard InChI is InChI=1S/C14H19Cl/c1-13(2,3)11-4-6-12(7-5-11)14(10-15)8-9-14/h4-7H,8-10H2,1-3H3. The smallest absolute Gasteiger partial charge is 0.0320 e. The van der Waals surface area contributed by atoms with Gasteiger partial charge in [0.05, 0.1) is 0 Å². The zero-order valence-corrected chi connectivity index (χ0v) is 10.6. The minimum absolute atomic E-state index is 0.246. The van der Waals surface area contributed by atoms with E-state index in [0.29, 0.717) is 5.41 Å². The summed E-state index contributed by atoms with van der Waals surface area (Å²) >= 11 is 6.02. The van der Waals surface area contributed by atoms with Gasteiger partial charge in [-0.1, -0.05) is 45.0 Å². The molecule has 0 amide bonds. The lowest BCUT2D eigenvalue weighted by molar-refractivity contribution is 0.589. The molecule has 82 valence electrons. The van der Waals surface area contributed by atoms with Gasteiger partial charge in [0.15, 0.2) is 0 Å².